The van der Waals surface area contributed by atoms with E-state index in [1.54, 1.807) is 0 Å². The van der Waals surface area contributed by atoms with E-state index in [4.69, 9.17) is 4.74 Å². The van der Waals surface area contributed by atoms with Crippen LogP contribution in [0.2, 0.25) is 0 Å². The molecule has 1 N–H and O–H groups in total. The van der Waals surface area contributed by atoms with Crippen LogP contribution in [0.4, 0.5) is 0 Å². The van der Waals surface area contributed by atoms with Crippen LogP contribution in [0.5, 0.6) is 0 Å². The van der Waals surface area contributed by atoms with Crippen molar-refractivity contribution in [2.75, 3.05) is 19.7 Å². The molecule has 1 aromatic carbocycles. The number of nitrogens with one attached hydrogen (secondary N) is 1. The number of nitrogens with zero attached hydrogens (tertiary/aromatic N) is 1. The van der Waals surface area contributed by atoms with Crippen LogP contribution in [0.15, 0.2) is 30.3 Å². The first-order valence-electron chi connectivity index (χ1n) is 8.84. The van der Waals surface area contributed by atoms with Gasteiger partial charge in [0.25, 0.3) is 0 Å². The van der Waals surface area contributed by atoms with Crippen molar-refractivity contribution in [3.63, 3.8) is 0 Å². The van der Waals surface area contributed by atoms with E-state index in [-0.39, 0.29) is 11.8 Å². The zero-order valence-corrected chi connectivity index (χ0v) is 14.5. The molecule has 0 radical (unpaired) electrons. The minimum atomic E-state index is -0.0671. The van der Waals surface area contributed by atoms with E-state index in [0.717, 1.165) is 24.9 Å². The summed E-state index contributed by atoms with van der Waals surface area (Å²) < 4.78 is 5.49. The molecule has 5 heteroatoms. The molecule has 1 heterocycles. The summed E-state index contributed by atoms with van der Waals surface area (Å²) in [5.74, 6) is 0.0744. The average molecular weight is 332 g/mol. The van der Waals surface area contributed by atoms with Gasteiger partial charge < -0.3 is 15.0 Å². The molecule has 0 aliphatic carbocycles. The number of rotatable bonds is 8. The molecule has 2 rings (SSSR count). The lowest BCUT2D eigenvalue weighted by molar-refractivity contribution is -0.134. The molecule has 2 amide bonds. The van der Waals surface area contributed by atoms with Crippen LogP contribution in [0.3, 0.4) is 0 Å². The van der Waals surface area contributed by atoms with E-state index < -0.39 is 0 Å². The fraction of sp³-hybridized carbons (Fsp3) is 0.579. The van der Waals surface area contributed by atoms with Crippen LogP contribution in [0.25, 0.3) is 0 Å². The molecule has 0 spiro atoms. The Morgan fingerprint density at radius 1 is 1.21 bits per heavy atom. The lowest BCUT2D eigenvalue weighted by atomic mass is 10.0. The predicted octanol–water partition coefficient (Wildman–Crippen LogP) is 2.50. The first kappa shape index (κ1) is 18.5. The van der Waals surface area contributed by atoms with Crippen molar-refractivity contribution in [3.05, 3.63) is 35.9 Å². The van der Waals surface area contributed by atoms with E-state index in [2.05, 4.69) is 12.2 Å². The van der Waals surface area contributed by atoms with Crippen molar-refractivity contribution >= 4 is 11.8 Å². The summed E-state index contributed by atoms with van der Waals surface area (Å²) in [6.07, 6.45) is 4.06. The van der Waals surface area contributed by atoms with Crippen molar-refractivity contribution in [2.24, 2.45) is 0 Å². The SMILES string of the molecule is CC1CCCCN1C(=O)CCNC(=O)CCOCc1ccccc1. The Kier molecular flexibility index (Phi) is 7.75. The quantitative estimate of drug-likeness (QED) is 0.744. The van der Waals surface area contributed by atoms with Crippen molar-refractivity contribution in [1.29, 1.82) is 0 Å². The lowest BCUT2D eigenvalue weighted by Crippen LogP contribution is -2.43. The summed E-state index contributed by atoms with van der Waals surface area (Å²) in [5, 5.41) is 2.80. The zero-order valence-electron chi connectivity index (χ0n) is 14.5. The van der Waals surface area contributed by atoms with Gasteiger partial charge in [-0.15, -0.1) is 0 Å². The number of hydrogen-bond donors (Lipinski definition) is 1. The molecular weight excluding hydrogens is 304 g/mol. The van der Waals surface area contributed by atoms with Gasteiger partial charge in [-0.05, 0) is 31.7 Å². The fourth-order valence-corrected chi connectivity index (χ4v) is 2.94. The monoisotopic (exact) mass is 332 g/mol. The Hall–Kier alpha value is -1.88. The summed E-state index contributed by atoms with van der Waals surface area (Å²) >= 11 is 0. The smallest absolute Gasteiger partial charge is 0.224 e. The second-order valence-electron chi connectivity index (χ2n) is 6.32. The van der Waals surface area contributed by atoms with Crippen molar-refractivity contribution < 1.29 is 14.3 Å². The standard InChI is InChI=1S/C19H28N2O3/c1-16-7-5-6-13-21(16)19(23)10-12-20-18(22)11-14-24-15-17-8-3-2-4-9-17/h2-4,8-9,16H,5-7,10-15H2,1H3,(H,20,22). The highest BCUT2D eigenvalue weighted by Gasteiger charge is 2.22. The summed E-state index contributed by atoms with van der Waals surface area (Å²) in [6, 6.07) is 10.2. The van der Waals surface area contributed by atoms with E-state index >= 15 is 0 Å². The van der Waals surface area contributed by atoms with Crippen LogP contribution in [0.1, 0.15) is 44.6 Å². The fourth-order valence-electron chi connectivity index (χ4n) is 2.94. The number of ether oxygens (including phenoxy) is 1. The van der Waals surface area contributed by atoms with E-state index in [0.29, 0.717) is 38.6 Å². The number of benzene rings is 1. The molecule has 0 saturated carbocycles. The maximum atomic E-state index is 12.2. The Bertz CT molecular complexity index is 519. The second-order valence-corrected chi connectivity index (χ2v) is 6.32. The minimum Gasteiger partial charge on any atom is -0.376 e. The molecule has 1 fully saturated rings. The van der Waals surface area contributed by atoms with Crippen LogP contribution in [-0.2, 0) is 20.9 Å². The number of piperidine rings is 1. The predicted molar refractivity (Wildman–Crippen MR) is 93.4 cm³/mol. The van der Waals surface area contributed by atoms with Crippen molar-refractivity contribution in [2.45, 2.75) is 51.7 Å². The first-order chi connectivity index (χ1) is 11.7. The average Bonchev–Trinajstić information content (AvgIpc) is 2.60. The number of carbonyl (C=O) groups excluding carboxylic acids is 2. The van der Waals surface area contributed by atoms with E-state index in [9.17, 15) is 9.59 Å². The van der Waals surface area contributed by atoms with Gasteiger partial charge in [0.2, 0.25) is 11.8 Å². The molecule has 24 heavy (non-hydrogen) atoms. The molecule has 5 nitrogen and oxygen atoms in total. The van der Waals surface area contributed by atoms with Gasteiger partial charge in [-0.3, -0.25) is 9.59 Å². The topological polar surface area (TPSA) is 58.6 Å². The Balaban J connectivity index is 1.54. The van der Waals surface area contributed by atoms with Crippen molar-refractivity contribution in [3.8, 4) is 0 Å². The lowest BCUT2D eigenvalue weighted by Gasteiger charge is -2.33. The van der Waals surface area contributed by atoms with Gasteiger partial charge in [0.05, 0.1) is 13.2 Å². The highest BCUT2D eigenvalue weighted by Crippen LogP contribution is 2.16. The Morgan fingerprint density at radius 2 is 2.00 bits per heavy atom. The molecule has 1 atom stereocenters. The van der Waals surface area contributed by atoms with Crippen LogP contribution >= 0.6 is 0 Å². The zero-order chi connectivity index (χ0) is 17.2. The van der Waals surface area contributed by atoms with Crippen LogP contribution < -0.4 is 5.32 Å². The van der Waals surface area contributed by atoms with Crippen LogP contribution in [0, 0.1) is 0 Å². The molecule has 1 aromatic rings. The summed E-state index contributed by atoms with van der Waals surface area (Å²) in [4.78, 5) is 25.9. The summed E-state index contributed by atoms with van der Waals surface area (Å²) in [7, 11) is 0. The van der Waals surface area contributed by atoms with Gasteiger partial charge in [0.15, 0.2) is 0 Å². The molecule has 1 aliphatic rings. The normalized spacial score (nSPS) is 17.5. The van der Waals surface area contributed by atoms with Gasteiger partial charge in [0, 0.05) is 32.0 Å². The van der Waals surface area contributed by atoms with Gasteiger partial charge in [0.1, 0.15) is 0 Å². The highest BCUT2D eigenvalue weighted by atomic mass is 16.5. The van der Waals surface area contributed by atoms with Crippen LogP contribution in [-0.4, -0.2) is 42.5 Å². The van der Waals surface area contributed by atoms with Gasteiger partial charge in [-0.2, -0.15) is 0 Å². The highest BCUT2D eigenvalue weighted by molar-refractivity contribution is 5.79. The Labute approximate surface area is 144 Å². The summed E-state index contributed by atoms with van der Waals surface area (Å²) in [6.45, 7) is 4.25. The second kappa shape index (κ2) is 10.1. The molecule has 132 valence electrons. The van der Waals surface area contributed by atoms with E-state index in [1.807, 2.05) is 35.2 Å². The maximum absolute atomic E-state index is 12.2. The van der Waals surface area contributed by atoms with Gasteiger partial charge in [-0.25, -0.2) is 0 Å². The third-order valence-corrected chi connectivity index (χ3v) is 4.37. The largest absolute Gasteiger partial charge is 0.376 e. The number of amides is 2. The van der Waals surface area contributed by atoms with Gasteiger partial charge in [-0.1, -0.05) is 30.3 Å². The minimum absolute atomic E-state index is 0.0671. The van der Waals surface area contributed by atoms with Gasteiger partial charge >= 0.3 is 0 Å². The molecule has 1 aliphatic heterocycles. The van der Waals surface area contributed by atoms with Crippen molar-refractivity contribution in [1.82, 2.24) is 10.2 Å². The molecular formula is C19H28N2O3. The molecule has 1 unspecified atom stereocenters. The number of likely N-dealkylation sites (tertiary alicyclic amines) is 1. The molecule has 0 aromatic heterocycles. The number of carbonyl (C=O) groups is 2. The molecule has 1 saturated heterocycles. The molecule has 0 bridgehead atoms. The maximum Gasteiger partial charge on any atom is 0.224 e. The third kappa shape index (κ3) is 6.32. The third-order valence-electron chi connectivity index (χ3n) is 4.37. The number of hydrogen-bond acceptors (Lipinski definition) is 3. The van der Waals surface area contributed by atoms with E-state index in [1.165, 1.54) is 6.42 Å². The first-order valence-corrected chi connectivity index (χ1v) is 8.84. The Morgan fingerprint density at radius 3 is 2.75 bits per heavy atom. The summed E-state index contributed by atoms with van der Waals surface area (Å²) in [5.41, 5.74) is 1.10.